The first-order chi connectivity index (χ1) is 9.13. The van der Waals surface area contributed by atoms with E-state index in [0.717, 1.165) is 25.7 Å². The maximum absolute atomic E-state index is 13.2. The predicted octanol–water partition coefficient (Wildman–Crippen LogP) is 4.21. The van der Waals surface area contributed by atoms with Gasteiger partial charge in [-0.05, 0) is 47.0 Å². The summed E-state index contributed by atoms with van der Waals surface area (Å²) in [5.74, 6) is -0.000469. The number of halogens is 3. The Morgan fingerprint density at radius 3 is 2.68 bits per heavy atom. The Bertz CT molecular complexity index is 463. The largest absolute Gasteiger partial charge is 0.334 e. The van der Waals surface area contributed by atoms with Crippen LogP contribution in [0.4, 0.5) is 4.39 Å². The van der Waals surface area contributed by atoms with E-state index in [9.17, 15) is 9.18 Å². The molecule has 0 N–H and O–H groups in total. The van der Waals surface area contributed by atoms with Gasteiger partial charge in [0.1, 0.15) is 5.82 Å². The van der Waals surface area contributed by atoms with Gasteiger partial charge >= 0.3 is 0 Å². The number of benzene rings is 1. The van der Waals surface area contributed by atoms with Crippen molar-refractivity contribution in [3.8, 4) is 0 Å². The molecule has 1 aliphatic rings. The monoisotopic (exact) mass is 347 g/mol. The van der Waals surface area contributed by atoms with Crippen molar-refractivity contribution in [2.24, 2.45) is 0 Å². The van der Waals surface area contributed by atoms with Crippen LogP contribution >= 0.6 is 27.5 Å². The van der Waals surface area contributed by atoms with Gasteiger partial charge in [0, 0.05) is 24.0 Å². The van der Waals surface area contributed by atoms with Crippen molar-refractivity contribution in [3.05, 3.63) is 34.1 Å². The molecule has 0 bridgehead atoms. The minimum atomic E-state index is -0.360. The van der Waals surface area contributed by atoms with Gasteiger partial charge in [-0.2, -0.15) is 0 Å². The van der Waals surface area contributed by atoms with E-state index >= 15 is 0 Å². The first kappa shape index (κ1) is 14.8. The Kier molecular flexibility index (Phi) is 5.22. The number of hydrogen-bond acceptors (Lipinski definition) is 1. The van der Waals surface area contributed by atoms with E-state index in [1.54, 1.807) is 0 Å². The second kappa shape index (κ2) is 6.71. The Labute approximate surface area is 126 Å². The molecule has 19 heavy (non-hydrogen) atoms. The molecule has 0 radical (unpaired) electrons. The Balaban J connectivity index is 2.20. The molecule has 1 aromatic carbocycles. The van der Waals surface area contributed by atoms with Gasteiger partial charge in [0.25, 0.3) is 5.91 Å². The van der Waals surface area contributed by atoms with Crippen LogP contribution in [-0.4, -0.2) is 29.3 Å². The molecule has 0 heterocycles. The topological polar surface area (TPSA) is 20.3 Å². The Hall–Kier alpha value is -0.610. The van der Waals surface area contributed by atoms with Crippen LogP contribution in [-0.2, 0) is 0 Å². The quantitative estimate of drug-likeness (QED) is 0.746. The van der Waals surface area contributed by atoms with Gasteiger partial charge in [0.2, 0.25) is 0 Å². The van der Waals surface area contributed by atoms with Crippen molar-refractivity contribution in [1.29, 1.82) is 0 Å². The molecule has 5 heteroatoms. The van der Waals surface area contributed by atoms with Crippen molar-refractivity contribution in [1.82, 2.24) is 4.90 Å². The van der Waals surface area contributed by atoms with Gasteiger partial charge < -0.3 is 4.90 Å². The highest BCUT2D eigenvalue weighted by Crippen LogP contribution is 2.26. The van der Waals surface area contributed by atoms with Crippen LogP contribution in [0.5, 0.6) is 0 Å². The molecular weight excluding hydrogens is 333 g/mol. The second-order valence-electron chi connectivity index (χ2n) is 4.75. The summed E-state index contributed by atoms with van der Waals surface area (Å²) >= 11 is 8.91. The molecule has 1 fully saturated rings. The summed E-state index contributed by atoms with van der Waals surface area (Å²) in [4.78, 5) is 14.3. The zero-order valence-corrected chi connectivity index (χ0v) is 12.9. The van der Waals surface area contributed by atoms with E-state index in [4.69, 9.17) is 11.6 Å². The summed E-state index contributed by atoms with van der Waals surface area (Å²) in [5.41, 5.74) is 0.505. The van der Waals surface area contributed by atoms with Gasteiger partial charge in [-0.1, -0.05) is 12.8 Å². The maximum atomic E-state index is 13.2. The third kappa shape index (κ3) is 3.48. The van der Waals surface area contributed by atoms with Crippen LogP contribution in [0.3, 0.4) is 0 Å². The molecule has 1 amide bonds. The lowest BCUT2D eigenvalue weighted by atomic mass is 10.1. The van der Waals surface area contributed by atoms with Crippen LogP contribution in [0.15, 0.2) is 22.7 Å². The number of hydrogen-bond donors (Lipinski definition) is 0. The number of rotatable bonds is 4. The molecule has 0 spiro atoms. The van der Waals surface area contributed by atoms with Gasteiger partial charge in [-0.3, -0.25) is 4.79 Å². The lowest BCUT2D eigenvalue weighted by Gasteiger charge is -2.28. The number of carbonyl (C=O) groups is 1. The fourth-order valence-electron chi connectivity index (χ4n) is 2.55. The summed E-state index contributed by atoms with van der Waals surface area (Å²) < 4.78 is 13.5. The van der Waals surface area contributed by atoms with Crippen LogP contribution < -0.4 is 0 Å². The highest BCUT2D eigenvalue weighted by molar-refractivity contribution is 9.10. The van der Waals surface area contributed by atoms with Crippen LogP contribution in [0.2, 0.25) is 0 Å². The van der Waals surface area contributed by atoms with Crippen molar-refractivity contribution in [2.45, 2.75) is 31.7 Å². The first-order valence-electron chi connectivity index (χ1n) is 6.45. The lowest BCUT2D eigenvalue weighted by Crippen LogP contribution is -2.40. The Morgan fingerprint density at radius 2 is 2.11 bits per heavy atom. The van der Waals surface area contributed by atoms with Gasteiger partial charge in [-0.15, -0.1) is 11.6 Å². The minimum absolute atomic E-state index is 0.0618. The zero-order chi connectivity index (χ0) is 13.8. The summed E-state index contributed by atoms with van der Waals surface area (Å²) in [6.07, 6.45) is 4.38. The molecule has 1 aliphatic carbocycles. The summed E-state index contributed by atoms with van der Waals surface area (Å²) in [6, 6.07) is 4.65. The fraction of sp³-hybridized carbons (Fsp3) is 0.500. The van der Waals surface area contributed by atoms with Crippen LogP contribution in [0.1, 0.15) is 36.0 Å². The normalized spacial score (nSPS) is 15.7. The molecule has 104 valence electrons. The maximum Gasteiger partial charge on any atom is 0.254 e. The van der Waals surface area contributed by atoms with E-state index in [2.05, 4.69) is 15.9 Å². The Morgan fingerprint density at radius 1 is 1.42 bits per heavy atom. The van der Waals surface area contributed by atoms with Gasteiger partial charge in [0.15, 0.2) is 0 Å². The number of carbonyl (C=O) groups excluding carboxylic acids is 1. The minimum Gasteiger partial charge on any atom is -0.334 e. The predicted molar refractivity (Wildman–Crippen MR) is 78.1 cm³/mol. The number of nitrogens with zero attached hydrogens (tertiary/aromatic N) is 1. The second-order valence-corrected chi connectivity index (χ2v) is 5.99. The van der Waals surface area contributed by atoms with Gasteiger partial charge in [0.05, 0.1) is 4.47 Å². The summed E-state index contributed by atoms with van der Waals surface area (Å²) in [6.45, 7) is 0.542. The fourth-order valence-corrected chi connectivity index (χ4v) is 3.11. The van der Waals surface area contributed by atoms with Crippen LogP contribution in [0, 0.1) is 5.82 Å². The number of amides is 1. The molecule has 2 nitrogen and oxygen atoms in total. The summed E-state index contributed by atoms with van der Waals surface area (Å²) in [5, 5.41) is 0. The SMILES string of the molecule is O=C(c1ccc(F)c(Br)c1)N(CCCl)C1CCCC1. The van der Waals surface area contributed by atoms with E-state index in [1.807, 2.05) is 4.90 Å². The molecule has 2 rings (SSSR count). The van der Waals surface area contributed by atoms with Crippen molar-refractivity contribution >= 4 is 33.4 Å². The van der Waals surface area contributed by atoms with Crippen molar-refractivity contribution in [2.75, 3.05) is 12.4 Å². The standard InChI is InChI=1S/C14H16BrClFNO/c15-12-9-10(5-6-13(12)17)14(19)18(8-7-16)11-3-1-2-4-11/h5-6,9,11H,1-4,7-8H2. The van der Waals surface area contributed by atoms with E-state index in [1.165, 1.54) is 18.2 Å². The molecule has 0 unspecified atom stereocenters. The number of alkyl halides is 1. The molecule has 0 aromatic heterocycles. The van der Waals surface area contributed by atoms with Crippen molar-refractivity contribution in [3.63, 3.8) is 0 Å². The molecule has 0 aliphatic heterocycles. The molecular formula is C14H16BrClFNO. The molecule has 0 atom stereocenters. The lowest BCUT2D eigenvalue weighted by molar-refractivity contribution is 0.0695. The van der Waals surface area contributed by atoms with Crippen molar-refractivity contribution < 1.29 is 9.18 Å². The third-order valence-electron chi connectivity index (χ3n) is 3.52. The highest BCUT2D eigenvalue weighted by atomic mass is 79.9. The highest BCUT2D eigenvalue weighted by Gasteiger charge is 2.27. The molecule has 1 saturated carbocycles. The molecule has 1 aromatic rings. The zero-order valence-electron chi connectivity index (χ0n) is 10.5. The van der Waals surface area contributed by atoms with E-state index in [-0.39, 0.29) is 17.8 Å². The average molecular weight is 349 g/mol. The summed E-state index contributed by atoms with van der Waals surface area (Å²) in [7, 11) is 0. The third-order valence-corrected chi connectivity index (χ3v) is 4.30. The van der Waals surface area contributed by atoms with Crippen LogP contribution in [0.25, 0.3) is 0 Å². The molecule has 0 saturated heterocycles. The first-order valence-corrected chi connectivity index (χ1v) is 7.78. The average Bonchev–Trinajstić information content (AvgIpc) is 2.92. The smallest absolute Gasteiger partial charge is 0.254 e. The van der Waals surface area contributed by atoms with E-state index in [0.29, 0.717) is 22.5 Å². The van der Waals surface area contributed by atoms with Gasteiger partial charge in [-0.25, -0.2) is 4.39 Å². The van der Waals surface area contributed by atoms with E-state index < -0.39 is 0 Å².